The maximum atomic E-state index is 12.7. The Morgan fingerprint density at radius 1 is 1.15 bits per heavy atom. The van der Waals surface area contributed by atoms with Crippen molar-refractivity contribution >= 4 is 34.5 Å². The summed E-state index contributed by atoms with van der Waals surface area (Å²) in [6.07, 6.45) is 0. The molecule has 0 bridgehead atoms. The summed E-state index contributed by atoms with van der Waals surface area (Å²) in [5.74, 6) is 0.0502. The number of halogens is 1. The second-order valence-electron chi connectivity index (χ2n) is 6.86. The molecular weight excluding hydrogens is 370 g/mol. The van der Waals surface area contributed by atoms with Crippen molar-refractivity contribution in [2.75, 3.05) is 32.7 Å². The van der Waals surface area contributed by atoms with E-state index < -0.39 is 0 Å². The van der Waals surface area contributed by atoms with Crippen molar-refractivity contribution in [3.05, 3.63) is 43.9 Å². The van der Waals surface area contributed by atoms with E-state index in [1.54, 1.807) is 11.3 Å². The van der Waals surface area contributed by atoms with E-state index >= 15 is 0 Å². The minimum atomic E-state index is -0.00223. The van der Waals surface area contributed by atoms with Crippen LogP contribution >= 0.6 is 22.9 Å². The number of aryl methyl sites for hydroxylation is 1. The lowest BCUT2D eigenvalue weighted by Crippen LogP contribution is -2.47. The molecule has 26 heavy (non-hydrogen) atoms. The van der Waals surface area contributed by atoms with Gasteiger partial charge < -0.3 is 4.98 Å². The lowest BCUT2D eigenvalue weighted by Gasteiger charge is -2.34. The predicted molar refractivity (Wildman–Crippen MR) is 106 cm³/mol. The zero-order valence-corrected chi connectivity index (χ0v) is 17.0. The third-order valence-electron chi connectivity index (χ3n) is 4.91. The summed E-state index contributed by atoms with van der Waals surface area (Å²) in [7, 11) is 0. The number of carbonyl (C=O) groups is 2. The molecule has 5 nitrogen and oxygen atoms in total. The van der Waals surface area contributed by atoms with Crippen LogP contribution in [0.1, 0.15) is 43.9 Å². The molecule has 2 aromatic heterocycles. The van der Waals surface area contributed by atoms with Gasteiger partial charge in [0.25, 0.3) is 0 Å². The smallest absolute Gasteiger partial charge is 0.193 e. The molecule has 1 N–H and O–H groups in total. The molecule has 0 spiro atoms. The second-order valence-corrected chi connectivity index (χ2v) is 8.66. The third-order valence-corrected chi connectivity index (χ3v) is 6.12. The van der Waals surface area contributed by atoms with Crippen molar-refractivity contribution in [3.63, 3.8) is 0 Å². The highest BCUT2D eigenvalue weighted by atomic mass is 35.5. The number of carbonyl (C=O) groups excluding carboxylic acids is 2. The fraction of sp³-hybridized carbons (Fsp3) is 0.474. The number of Topliss-reactive ketones (excluding diaryl/α,β-unsaturated/α-hetero) is 2. The lowest BCUT2D eigenvalue weighted by molar-refractivity contribution is 0.0840. The van der Waals surface area contributed by atoms with E-state index in [2.05, 4.69) is 20.9 Å². The molecule has 0 atom stereocenters. The molecule has 0 aliphatic carbocycles. The number of rotatable bonds is 6. The van der Waals surface area contributed by atoms with E-state index in [9.17, 15) is 9.59 Å². The fourth-order valence-electron chi connectivity index (χ4n) is 3.60. The van der Waals surface area contributed by atoms with Crippen molar-refractivity contribution in [2.24, 2.45) is 0 Å². The van der Waals surface area contributed by atoms with Gasteiger partial charge in [-0.1, -0.05) is 11.6 Å². The minimum absolute atomic E-state index is 0.00223. The van der Waals surface area contributed by atoms with Gasteiger partial charge in [-0.3, -0.25) is 19.4 Å². The van der Waals surface area contributed by atoms with Gasteiger partial charge in [-0.05, 0) is 38.5 Å². The number of aromatic amines is 1. The maximum Gasteiger partial charge on any atom is 0.193 e. The molecule has 0 unspecified atom stereocenters. The summed E-state index contributed by atoms with van der Waals surface area (Å²) >= 11 is 7.61. The Labute approximate surface area is 162 Å². The van der Waals surface area contributed by atoms with Crippen molar-refractivity contribution < 1.29 is 9.59 Å². The molecule has 2 aromatic rings. The Hall–Kier alpha value is -1.47. The molecule has 3 rings (SSSR count). The Balaban J connectivity index is 1.55. The van der Waals surface area contributed by atoms with E-state index in [-0.39, 0.29) is 11.6 Å². The summed E-state index contributed by atoms with van der Waals surface area (Å²) in [6.45, 7) is 10.1. The largest absolute Gasteiger partial charge is 0.355 e. The predicted octanol–water partition coefficient (Wildman–Crippen LogP) is 3.55. The normalized spacial score (nSPS) is 16.2. The van der Waals surface area contributed by atoms with Crippen molar-refractivity contribution in [2.45, 2.75) is 27.3 Å². The van der Waals surface area contributed by atoms with Crippen LogP contribution < -0.4 is 0 Å². The molecule has 0 radical (unpaired) electrons. The standard InChI is InChI=1S/C19H24ClN3O2S/c1-12-18(14(3)24)13(2)21-19(12)16(25)11-23-8-6-22(7-9-23)10-15-4-5-17(20)26-15/h4-5,21H,6-11H2,1-3H3. The average molecular weight is 394 g/mol. The van der Waals surface area contributed by atoms with Crippen molar-refractivity contribution in [1.29, 1.82) is 0 Å². The first-order chi connectivity index (χ1) is 12.3. The van der Waals surface area contributed by atoms with Gasteiger partial charge in [0.15, 0.2) is 11.6 Å². The number of aromatic nitrogens is 1. The van der Waals surface area contributed by atoms with Crippen LogP contribution in [0.3, 0.4) is 0 Å². The van der Waals surface area contributed by atoms with E-state index in [1.165, 1.54) is 11.8 Å². The van der Waals surface area contributed by atoms with Crippen LogP contribution in [0.25, 0.3) is 0 Å². The summed E-state index contributed by atoms with van der Waals surface area (Å²) < 4.78 is 0.825. The zero-order valence-electron chi connectivity index (χ0n) is 15.4. The first-order valence-corrected chi connectivity index (χ1v) is 9.97. The van der Waals surface area contributed by atoms with Crippen LogP contribution in [0.4, 0.5) is 0 Å². The number of ketones is 2. The number of nitrogens with zero attached hydrogens (tertiary/aromatic N) is 2. The van der Waals surface area contributed by atoms with E-state index in [4.69, 9.17) is 11.6 Å². The highest BCUT2D eigenvalue weighted by molar-refractivity contribution is 7.16. The molecule has 1 saturated heterocycles. The highest BCUT2D eigenvalue weighted by Crippen LogP contribution is 2.23. The Morgan fingerprint density at radius 3 is 2.35 bits per heavy atom. The molecule has 0 aromatic carbocycles. The molecule has 0 amide bonds. The van der Waals surface area contributed by atoms with E-state index in [1.807, 2.05) is 19.9 Å². The maximum absolute atomic E-state index is 12.7. The Bertz CT molecular complexity index is 819. The van der Waals surface area contributed by atoms with E-state index in [0.29, 0.717) is 17.8 Å². The van der Waals surface area contributed by atoms with Gasteiger partial charge in [0.05, 0.1) is 16.6 Å². The third kappa shape index (κ3) is 4.26. The SMILES string of the molecule is CC(=O)c1c(C)[nH]c(C(=O)CN2CCN(Cc3ccc(Cl)s3)CC2)c1C. The minimum Gasteiger partial charge on any atom is -0.355 e. The molecule has 0 saturated carbocycles. The van der Waals surface area contributed by atoms with Gasteiger partial charge in [-0.15, -0.1) is 11.3 Å². The van der Waals surface area contributed by atoms with Gasteiger partial charge in [0.2, 0.25) is 0 Å². The second kappa shape index (κ2) is 8.05. The summed E-state index contributed by atoms with van der Waals surface area (Å²) in [5, 5.41) is 0. The number of hydrogen-bond donors (Lipinski definition) is 1. The topological polar surface area (TPSA) is 56.4 Å². The summed E-state index contributed by atoms with van der Waals surface area (Å²) in [4.78, 5) is 33.4. The first-order valence-electron chi connectivity index (χ1n) is 8.77. The van der Waals surface area contributed by atoms with Gasteiger partial charge in [-0.2, -0.15) is 0 Å². The van der Waals surface area contributed by atoms with Crippen molar-refractivity contribution in [3.8, 4) is 0 Å². The fourth-order valence-corrected chi connectivity index (χ4v) is 4.73. The van der Waals surface area contributed by atoms with Crippen LogP contribution in [0.15, 0.2) is 12.1 Å². The number of nitrogens with one attached hydrogen (secondary N) is 1. The quantitative estimate of drug-likeness (QED) is 0.762. The number of hydrogen-bond acceptors (Lipinski definition) is 5. The molecule has 140 valence electrons. The highest BCUT2D eigenvalue weighted by Gasteiger charge is 2.24. The zero-order chi connectivity index (χ0) is 18.8. The summed E-state index contributed by atoms with van der Waals surface area (Å²) in [5.41, 5.74) is 2.77. The van der Waals surface area contributed by atoms with E-state index in [0.717, 1.165) is 48.3 Å². The molecule has 1 aliphatic rings. The van der Waals surface area contributed by atoms with Gasteiger partial charge in [0, 0.05) is 48.9 Å². The Morgan fingerprint density at radius 2 is 1.81 bits per heavy atom. The van der Waals surface area contributed by atoms with Crippen LogP contribution in [0.5, 0.6) is 0 Å². The first kappa shape index (κ1) is 19.3. The number of thiophene rings is 1. The molecule has 1 fully saturated rings. The molecular formula is C19H24ClN3O2S. The van der Waals surface area contributed by atoms with Crippen LogP contribution in [-0.2, 0) is 6.54 Å². The average Bonchev–Trinajstić information content (AvgIpc) is 3.12. The summed E-state index contributed by atoms with van der Waals surface area (Å²) in [6, 6.07) is 4.01. The Kier molecular flexibility index (Phi) is 5.97. The molecule has 7 heteroatoms. The van der Waals surface area contributed by atoms with Crippen LogP contribution in [-0.4, -0.2) is 59.1 Å². The molecule has 1 aliphatic heterocycles. The lowest BCUT2D eigenvalue weighted by atomic mass is 10.1. The monoisotopic (exact) mass is 393 g/mol. The van der Waals surface area contributed by atoms with Gasteiger partial charge in [-0.25, -0.2) is 0 Å². The molecule has 3 heterocycles. The number of piperazine rings is 1. The van der Waals surface area contributed by atoms with Crippen molar-refractivity contribution in [1.82, 2.24) is 14.8 Å². The van der Waals surface area contributed by atoms with Gasteiger partial charge in [0.1, 0.15) is 0 Å². The van der Waals surface area contributed by atoms with Gasteiger partial charge >= 0.3 is 0 Å². The van der Waals surface area contributed by atoms with Crippen LogP contribution in [0, 0.1) is 13.8 Å². The number of H-pyrrole nitrogens is 1. The van der Waals surface area contributed by atoms with Crippen LogP contribution in [0.2, 0.25) is 4.34 Å².